The van der Waals surface area contributed by atoms with E-state index < -0.39 is 0 Å². The lowest BCUT2D eigenvalue weighted by Crippen LogP contribution is -2.10. The van der Waals surface area contributed by atoms with E-state index in [2.05, 4.69) is 169 Å². The lowest BCUT2D eigenvalue weighted by Gasteiger charge is -2.28. The standard InChI is InChI=1S/C44H27NS2/c1-2-11-28(12-3-1)33-25-26-38(42-36-16-7-9-20-41(36)47-44(33)42)45(39-18-10-17-35-34-15-6-8-19-40(34)46-43(35)39)31-24-23-30-22-21-29-13-4-5-14-32(29)37(30)27-31/h1-27H. The summed E-state index contributed by atoms with van der Waals surface area (Å²) < 4.78 is 5.22. The van der Waals surface area contributed by atoms with Gasteiger partial charge in [0.1, 0.15) is 0 Å². The van der Waals surface area contributed by atoms with Crippen LogP contribution in [0, 0.1) is 0 Å². The molecule has 0 radical (unpaired) electrons. The number of hydrogen-bond donors (Lipinski definition) is 0. The maximum absolute atomic E-state index is 2.52. The van der Waals surface area contributed by atoms with Gasteiger partial charge in [0, 0.05) is 41.3 Å². The largest absolute Gasteiger partial charge is 0.308 e. The zero-order chi connectivity index (χ0) is 30.9. The molecule has 8 aromatic carbocycles. The van der Waals surface area contributed by atoms with Crippen LogP contribution in [0.1, 0.15) is 0 Å². The van der Waals surface area contributed by atoms with Crippen LogP contribution in [0.15, 0.2) is 164 Å². The van der Waals surface area contributed by atoms with Crippen molar-refractivity contribution in [2.24, 2.45) is 0 Å². The molecule has 0 fully saturated rings. The van der Waals surface area contributed by atoms with Crippen molar-refractivity contribution >= 4 is 102 Å². The predicted molar refractivity (Wildman–Crippen MR) is 207 cm³/mol. The average molecular weight is 634 g/mol. The lowest BCUT2D eigenvalue weighted by atomic mass is 9.99. The fourth-order valence-electron chi connectivity index (χ4n) is 7.29. The first-order valence-corrected chi connectivity index (χ1v) is 17.6. The minimum atomic E-state index is 1.16. The molecule has 0 unspecified atom stereocenters. The zero-order valence-corrected chi connectivity index (χ0v) is 27.0. The maximum Gasteiger partial charge on any atom is 0.0640 e. The molecule has 47 heavy (non-hydrogen) atoms. The Morgan fingerprint density at radius 2 is 1.02 bits per heavy atom. The summed E-state index contributed by atoms with van der Waals surface area (Å²) in [6.45, 7) is 0. The molecule has 0 spiro atoms. The third-order valence-electron chi connectivity index (χ3n) is 9.44. The van der Waals surface area contributed by atoms with E-state index >= 15 is 0 Å². The maximum atomic E-state index is 2.52. The summed E-state index contributed by atoms with van der Waals surface area (Å²) in [5.74, 6) is 0. The molecule has 10 rings (SSSR count). The molecular formula is C44H27NS2. The minimum absolute atomic E-state index is 1.16. The van der Waals surface area contributed by atoms with Gasteiger partial charge in [0.2, 0.25) is 0 Å². The number of fused-ring (bicyclic) bond motifs is 9. The van der Waals surface area contributed by atoms with Crippen molar-refractivity contribution in [2.75, 3.05) is 4.90 Å². The first-order chi connectivity index (χ1) is 23.3. The molecule has 220 valence electrons. The van der Waals surface area contributed by atoms with Crippen LogP contribution in [0.4, 0.5) is 17.1 Å². The van der Waals surface area contributed by atoms with Crippen LogP contribution in [0.25, 0.3) is 73.0 Å². The summed E-state index contributed by atoms with van der Waals surface area (Å²) in [6.07, 6.45) is 0. The van der Waals surface area contributed by atoms with Crippen molar-refractivity contribution in [1.82, 2.24) is 0 Å². The predicted octanol–water partition coefficient (Wildman–Crippen LogP) is 13.9. The van der Waals surface area contributed by atoms with E-state index in [-0.39, 0.29) is 0 Å². The monoisotopic (exact) mass is 633 g/mol. The summed E-state index contributed by atoms with van der Waals surface area (Å²) in [4.78, 5) is 2.52. The fraction of sp³-hybridized carbons (Fsp3) is 0. The third kappa shape index (κ3) is 4.14. The van der Waals surface area contributed by atoms with Crippen LogP contribution in [0.5, 0.6) is 0 Å². The van der Waals surface area contributed by atoms with Gasteiger partial charge in [-0.2, -0.15) is 0 Å². The highest BCUT2D eigenvalue weighted by molar-refractivity contribution is 7.27. The second kappa shape index (κ2) is 10.5. The van der Waals surface area contributed by atoms with Crippen LogP contribution in [-0.2, 0) is 0 Å². The Morgan fingerprint density at radius 1 is 0.383 bits per heavy atom. The smallest absolute Gasteiger partial charge is 0.0640 e. The molecule has 0 saturated heterocycles. The average Bonchev–Trinajstić information content (AvgIpc) is 3.72. The molecule has 1 nitrogen and oxygen atoms in total. The Kier molecular flexibility index (Phi) is 5.98. The third-order valence-corrected chi connectivity index (χ3v) is 11.9. The SMILES string of the molecule is c1ccc(-c2ccc(N(c3ccc4ccc5ccccc5c4c3)c3cccc4c3sc3ccccc34)c3c2sc2ccccc23)cc1. The number of rotatable bonds is 4. The number of thiophene rings is 2. The van der Waals surface area contributed by atoms with Crippen molar-refractivity contribution in [3.63, 3.8) is 0 Å². The van der Waals surface area contributed by atoms with Crippen LogP contribution < -0.4 is 4.90 Å². The Hall–Kier alpha value is -5.48. The molecule has 3 heteroatoms. The Morgan fingerprint density at radius 3 is 1.87 bits per heavy atom. The van der Waals surface area contributed by atoms with E-state index in [0.717, 1.165) is 5.69 Å². The van der Waals surface area contributed by atoms with Crippen molar-refractivity contribution < 1.29 is 0 Å². The summed E-state index contributed by atoms with van der Waals surface area (Å²) >= 11 is 3.78. The van der Waals surface area contributed by atoms with E-state index in [9.17, 15) is 0 Å². The minimum Gasteiger partial charge on any atom is -0.308 e. The van der Waals surface area contributed by atoms with Gasteiger partial charge in [-0.25, -0.2) is 0 Å². The van der Waals surface area contributed by atoms with Gasteiger partial charge in [-0.3, -0.25) is 0 Å². The van der Waals surface area contributed by atoms with Gasteiger partial charge in [-0.15, -0.1) is 22.7 Å². The van der Waals surface area contributed by atoms with Gasteiger partial charge < -0.3 is 4.90 Å². The number of anilines is 3. The van der Waals surface area contributed by atoms with Gasteiger partial charge in [0.15, 0.2) is 0 Å². The molecule has 2 aromatic heterocycles. The number of nitrogens with zero attached hydrogens (tertiary/aromatic N) is 1. The van der Waals surface area contributed by atoms with Gasteiger partial charge in [-0.05, 0) is 69.1 Å². The Labute approximate surface area is 280 Å². The highest BCUT2D eigenvalue weighted by Crippen LogP contribution is 2.51. The van der Waals surface area contributed by atoms with E-state index in [4.69, 9.17) is 0 Å². The molecule has 10 aromatic rings. The molecule has 0 aliphatic rings. The quantitative estimate of drug-likeness (QED) is 0.174. The van der Waals surface area contributed by atoms with Crippen molar-refractivity contribution in [3.8, 4) is 11.1 Å². The molecule has 2 heterocycles. The van der Waals surface area contributed by atoms with Crippen molar-refractivity contribution in [3.05, 3.63) is 164 Å². The van der Waals surface area contributed by atoms with Gasteiger partial charge in [-0.1, -0.05) is 127 Å². The van der Waals surface area contributed by atoms with E-state index in [1.165, 1.54) is 84.4 Å². The first-order valence-electron chi connectivity index (χ1n) is 15.9. The van der Waals surface area contributed by atoms with Gasteiger partial charge in [0.25, 0.3) is 0 Å². The molecule has 0 N–H and O–H groups in total. The summed E-state index contributed by atoms with van der Waals surface area (Å²) in [5.41, 5.74) is 6.07. The van der Waals surface area contributed by atoms with Crippen LogP contribution in [-0.4, -0.2) is 0 Å². The summed E-state index contributed by atoms with van der Waals surface area (Å²) in [6, 6.07) is 60.2. The number of hydrogen-bond acceptors (Lipinski definition) is 3. The number of benzene rings is 8. The molecule has 0 atom stereocenters. The second-order valence-corrected chi connectivity index (χ2v) is 14.2. The Balaban J connectivity index is 1.34. The summed E-state index contributed by atoms with van der Waals surface area (Å²) in [7, 11) is 0. The first kappa shape index (κ1) is 26.7. The van der Waals surface area contributed by atoms with Crippen LogP contribution in [0.3, 0.4) is 0 Å². The topological polar surface area (TPSA) is 3.24 Å². The van der Waals surface area contributed by atoms with Crippen molar-refractivity contribution in [2.45, 2.75) is 0 Å². The van der Waals surface area contributed by atoms with E-state index in [0.29, 0.717) is 0 Å². The van der Waals surface area contributed by atoms with E-state index in [1.54, 1.807) is 0 Å². The normalized spacial score (nSPS) is 11.8. The highest BCUT2D eigenvalue weighted by Gasteiger charge is 2.23. The molecule has 0 bridgehead atoms. The molecule has 0 aliphatic carbocycles. The van der Waals surface area contributed by atoms with Crippen LogP contribution >= 0.6 is 22.7 Å². The summed E-state index contributed by atoms with van der Waals surface area (Å²) in [5, 5.41) is 10.2. The van der Waals surface area contributed by atoms with Gasteiger partial charge in [0.05, 0.1) is 16.1 Å². The molecule has 0 aliphatic heterocycles. The van der Waals surface area contributed by atoms with Crippen molar-refractivity contribution in [1.29, 1.82) is 0 Å². The molecule has 0 saturated carbocycles. The Bertz CT molecular complexity index is 2810. The molecular weight excluding hydrogens is 607 g/mol. The van der Waals surface area contributed by atoms with E-state index in [1.807, 2.05) is 22.7 Å². The van der Waals surface area contributed by atoms with Crippen LogP contribution in [0.2, 0.25) is 0 Å². The lowest BCUT2D eigenvalue weighted by molar-refractivity contribution is 1.33. The van der Waals surface area contributed by atoms with Gasteiger partial charge >= 0.3 is 0 Å². The molecule has 0 amide bonds. The highest BCUT2D eigenvalue weighted by atomic mass is 32.1. The zero-order valence-electron chi connectivity index (χ0n) is 25.4. The fourth-order valence-corrected chi connectivity index (χ4v) is 9.75. The second-order valence-electron chi connectivity index (χ2n) is 12.1.